The number of benzene rings is 14. The summed E-state index contributed by atoms with van der Waals surface area (Å²) in [4.78, 5) is 0. The Labute approximate surface area is 504 Å². The Kier molecular flexibility index (Phi) is 9.87. The molecule has 0 heteroatoms. The molecule has 86 heavy (non-hydrogen) atoms. The highest BCUT2D eigenvalue weighted by Crippen LogP contribution is 2.64. The van der Waals surface area contributed by atoms with Gasteiger partial charge in [0, 0.05) is 21.7 Å². The largest absolute Gasteiger partial charge is 0.0619 e. The van der Waals surface area contributed by atoms with E-state index in [1.54, 1.807) is 0 Å². The quantitative estimate of drug-likeness (QED) is 0.154. The average molecular weight is 1100 g/mol. The minimum Gasteiger partial charge on any atom is -0.0619 e. The van der Waals surface area contributed by atoms with E-state index in [0.717, 1.165) is 0 Å². The fourth-order valence-corrected chi connectivity index (χ4v) is 17.6. The molecule has 0 aliphatic heterocycles. The van der Waals surface area contributed by atoms with Crippen molar-refractivity contribution in [2.24, 2.45) is 0 Å². The Morgan fingerprint density at radius 2 is 0.384 bits per heavy atom. The molecular weight excluding hydrogens is 1030 g/mol. The van der Waals surface area contributed by atoms with E-state index in [9.17, 15) is 0 Å². The van der Waals surface area contributed by atoms with Gasteiger partial charge >= 0.3 is 0 Å². The summed E-state index contributed by atoms with van der Waals surface area (Å²) in [6.45, 7) is 19.6. The topological polar surface area (TPSA) is 0 Å². The van der Waals surface area contributed by atoms with Crippen molar-refractivity contribution in [3.05, 3.63) is 287 Å². The number of fused-ring (bicyclic) bond motifs is 20. The van der Waals surface area contributed by atoms with Crippen molar-refractivity contribution in [1.82, 2.24) is 0 Å². The maximum Gasteiger partial charge on any atom is 0.0162 e. The predicted octanol–water partition coefficient (Wildman–Crippen LogP) is 23.3. The molecule has 4 aliphatic carbocycles. The summed E-state index contributed by atoms with van der Waals surface area (Å²) < 4.78 is 0. The van der Waals surface area contributed by atoms with E-state index in [0.29, 0.717) is 0 Å². The minimum atomic E-state index is -0.310. The zero-order valence-electron chi connectivity index (χ0n) is 50.1. The molecule has 14 aromatic rings. The lowest BCUT2D eigenvalue weighted by Crippen LogP contribution is -2.24. The maximum absolute atomic E-state index is 2.58. The summed E-state index contributed by atoms with van der Waals surface area (Å²) in [5.41, 5.74) is 31.7. The first-order valence-corrected chi connectivity index (χ1v) is 31.0. The SMILES string of the molecule is CC1(C)c2ccccc2-c2ccc(-c3c4ccccc4c(-c4ccc5c(c4)C(C)(C)c4c6c(c7ccccc7c4-5)-c4ccc(-c5c7ccccc7c(-c7ccc8c(c7)C(C)(C)c7ccccc7-8)c7ccccc57)cc4C6(C)C)c4ccccc34)cc21. The van der Waals surface area contributed by atoms with Crippen LogP contribution in [-0.4, -0.2) is 0 Å². The Balaban J connectivity index is 0.788. The molecule has 18 rings (SSSR count). The van der Waals surface area contributed by atoms with Crippen LogP contribution in [0.5, 0.6) is 0 Å². The molecule has 408 valence electrons. The van der Waals surface area contributed by atoms with Crippen LogP contribution in [0, 0.1) is 0 Å². The molecule has 0 spiro atoms. The standard InChI is InChI=1S/C86H64/c1-83(2)69-35-21-19-23-53(69)55-41-37-49(45-71(55)83)75-57-25-9-13-29-61(57)77(62-30-14-10-26-58(62)75)51-39-43-67-73(47-51)85(5,6)81-79(67)65-33-17-18-34-66(65)80-68-44-40-52(48-74(68)86(7,8)82(80)81)78-63-31-15-11-27-59(63)76(60-28-12-16-32-64(60)78)50-38-42-56-54-24-20-22-36-70(54)84(3,4)72(56)46-50/h9-48H,1-8H3. The van der Waals surface area contributed by atoms with Crippen molar-refractivity contribution < 1.29 is 0 Å². The summed E-state index contributed by atoms with van der Waals surface area (Å²) in [6.07, 6.45) is 0. The fraction of sp³-hybridized carbons (Fsp3) is 0.140. The number of hydrogen-bond donors (Lipinski definition) is 0. The second-order valence-electron chi connectivity index (χ2n) is 27.4. The molecule has 0 nitrogen and oxygen atoms in total. The number of hydrogen-bond acceptors (Lipinski definition) is 0. The third kappa shape index (κ3) is 6.34. The van der Waals surface area contributed by atoms with Crippen molar-refractivity contribution >= 4 is 53.9 Å². The van der Waals surface area contributed by atoms with Gasteiger partial charge in [-0.3, -0.25) is 0 Å². The van der Waals surface area contributed by atoms with Crippen LogP contribution in [0.25, 0.3) is 143 Å². The first kappa shape index (κ1) is 49.8. The van der Waals surface area contributed by atoms with Crippen molar-refractivity contribution in [3.63, 3.8) is 0 Å². The van der Waals surface area contributed by atoms with Crippen LogP contribution in [-0.2, 0) is 21.7 Å². The van der Waals surface area contributed by atoms with Gasteiger partial charge in [-0.1, -0.05) is 274 Å². The van der Waals surface area contributed by atoms with E-state index >= 15 is 0 Å². The number of rotatable bonds is 4. The van der Waals surface area contributed by atoms with Gasteiger partial charge in [0.05, 0.1) is 0 Å². The smallest absolute Gasteiger partial charge is 0.0162 e. The molecule has 14 aromatic carbocycles. The molecule has 0 N–H and O–H groups in total. The molecule has 0 heterocycles. The van der Waals surface area contributed by atoms with Crippen LogP contribution >= 0.6 is 0 Å². The summed E-state index contributed by atoms with van der Waals surface area (Å²) in [5.74, 6) is 0. The summed E-state index contributed by atoms with van der Waals surface area (Å²) in [7, 11) is 0. The highest BCUT2D eigenvalue weighted by Gasteiger charge is 2.48. The molecule has 0 radical (unpaired) electrons. The van der Waals surface area contributed by atoms with Crippen LogP contribution in [0.4, 0.5) is 0 Å². The van der Waals surface area contributed by atoms with E-state index < -0.39 is 0 Å². The van der Waals surface area contributed by atoms with Crippen molar-refractivity contribution in [1.29, 1.82) is 0 Å². The molecule has 0 atom stereocenters. The zero-order chi connectivity index (χ0) is 57.9. The molecule has 0 fully saturated rings. The van der Waals surface area contributed by atoms with Gasteiger partial charge in [-0.25, -0.2) is 0 Å². The van der Waals surface area contributed by atoms with Crippen LogP contribution in [0.3, 0.4) is 0 Å². The highest BCUT2D eigenvalue weighted by atomic mass is 14.5. The van der Waals surface area contributed by atoms with Gasteiger partial charge in [0.15, 0.2) is 0 Å². The molecule has 0 aromatic heterocycles. The van der Waals surface area contributed by atoms with Gasteiger partial charge < -0.3 is 0 Å². The van der Waals surface area contributed by atoms with Crippen LogP contribution in [0.2, 0.25) is 0 Å². The fourth-order valence-electron chi connectivity index (χ4n) is 17.6. The van der Waals surface area contributed by atoms with Crippen LogP contribution in [0.1, 0.15) is 99.9 Å². The van der Waals surface area contributed by atoms with E-state index in [-0.39, 0.29) is 21.7 Å². The van der Waals surface area contributed by atoms with E-state index in [4.69, 9.17) is 0 Å². The van der Waals surface area contributed by atoms with Gasteiger partial charge in [-0.2, -0.15) is 0 Å². The lowest BCUT2D eigenvalue weighted by atomic mass is 9.71. The van der Waals surface area contributed by atoms with Crippen LogP contribution < -0.4 is 0 Å². The van der Waals surface area contributed by atoms with Gasteiger partial charge in [-0.05, 0) is 212 Å². The first-order valence-electron chi connectivity index (χ1n) is 31.0. The van der Waals surface area contributed by atoms with E-state index in [1.165, 1.54) is 187 Å². The summed E-state index contributed by atoms with van der Waals surface area (Å²) >= 11 is 0. The van der Waals surface area contributed by atoms with Crippen LogP contribution in [0.15, 0.2) is 243 Å². The van der Waals surface area contributed by atoms with Gasteiger partial charge in [0.1, 0.15) is 0 Å². The Morgan fingerprint density at radius 1 is 0.174 bits per heavy atom. The zero-order valence-corrected chi connectivity index (χ0v) is 50.1. The average Bonchev–Trinajstić information content (AvgIpc) is 1.85. The van der Waals surface area contributed by atoms with Crippen molar-refractivity contribution in [2.45, 2.75) is 77.0 Å². The van der Waals surface area contributed by atoms with Gasteiger partial charge in [0.25, 0.3) is 0 Å². The third-order valence-corrected chi connectivity index (χ3v) is 21.6. The lowest BCUT2D eigenvalue weighted by molar-refractivity contribution is 0.602. The second kappa shape index (κ2) is 17.1. The van der Waals surface area contributed by atoms with Crippen molar-refractivity contribution in [2.75, 3.05) is 0 Å². The maximum atomic E-state index is 2.58. The lowest BCUT2D eigenvalue weighted by Gasteiger charge is -2.31. The molecule has 0 unspecified atom stereocenters. The predicted molar refractivity (Wildman–Crippen MR) is 366 cm³/mol. The molecular formula is C86H64. The van der Waals surface area contributed by atoms with Gasteiger partial charge in [0.2, 0.25) is 0 Å². The van der Waals surface area contributed by atoms with Crippen molar-refractivity contribution in [3.8, 4) is 89.0 Å². The molecule has 0 saturated carbocycles. The highest BCUT2D eigenvalue weighted by molar-refractivity contribution is 6.24. The minimum absolute atomic E-state index is 0.0939. The molecule has 0 saturated heterocycles. The Hall–Kier alpha value is -9.62. The van der Waals surface area contributed by atoms with E-state index in [2.05, 4.69) is 298 Å². The summed E-state index contributed by atoms with van der Waals surface area (Å²) in [6, 6.07) is 93.5. The summed E-state index contributed by atoms with van der Waals surface area (Å²) in [5, 5.41) is 12.9. The normalized spacial score (nSPS) is 15.6. The van der Waals surface area contributed by atoms with Gasteiger partial charge in [-0.15, -0.1) is 0 Å². The molecule has 0 amide bonds. The third-order valence-electron chi connectivity index (χ3n) is 21.6. The monoisotopic (exact) mass is 1100 g/mol. The first-order chi connectivity index (χ1) is 41.7. The second-order valence-corrected chi connectivity index (χ2v) is 27.4. The molecule has 4 aliphatic rings. The van der Waals surface area contributed by atoms with E-state index in [1.807, 2.05) is 0 Å². The molecule has 0 bridgehead atoms. The Bertz CT molecular complexity index is 4950. The Morgan fingerprint density at radius 3 is 0.663 bits per heavy atom.